The molecule has 2 fully saturated rings. The predicted molar refractivity (Wildman–Crippen MR) is 117 cm³/mol. The van der Waals surface area contributed by atoms with Gasteiger partial charge in [-0.25, -0.2) is 17.2 Å². The van der Waals surface area contributed by atoms with Crippen LogP contribution < -0.4 is 5.32 Å². The quantitative estimate of drug-likeness (QED) is 0.652. The molecule has 1 unspecified atom stereocenters. The molecule has 2 aliphatic carbocycles. The fourth-order valence-electron chi connectivity index (χ4n) is 5.31. The first-order valence-electron chi connectivity index (χ1n) is 10.4. The van der Waals surface area contributed by atoms with E-state index in [9.17, 15) is 27.1 Å². The molecule has 1 amide bonds. The Kier molecular flexibility index (Phi) is 5.84. The molecule has 4 rings (SSSR count). The zero-order chi connectivity index (χ0) is 23.4. The normalized spacial score (nSPS) is 29.7. The highest BCUT2D eigenvalue weighted by molar-refractivity contribution is 7.92. The molecular formula is C23H24ClF2NO4S. The Morgan fingerprint density at radius 2 is 1.84 bits per heavy atom. The van der Waals surface area contributed by atoms with Gasteiger partial charge in [-0.2, -0.15) is 0 Å². The fourth-order valence-corrected chi connectivity index (χ4v) is 7.68. The number of anilines is 1. The molecule has 2 bridgehead atoms. The van der Waals surface area contributed by atoms with Gasteiger partial charge in [0, 0.05) is 17.3 Å². The Balaban J connectivity index is 1.61. The Labute approximate surface area is 190 Å². The molecule has 32 heavy (non-hydrogen) atoms. The third-order valence-corrected chi connectivity index (χ3v) is 9.76. The summed E-state index contributed by atoms with van der Waals surface area (Å²) in [6.07, 6.45) is 1.43. The number of benzene rings is 2. The second-order valence-corrected chi connectivity index (χ2v) is 11.7. The van der Waals surface area contributed by atoms with Crippen LogP contribution in [0.3, 0.4) is 0 Å². The Morgan fingerprint density at radius 1 is 1.12 bits per heavy atom. The van der Waals surface area contributed by atoms with Crippen LogP contribution in [0.15, 0.2) is 41.3 Å². The lowest BCUT2D eigenvalue weighted by atomic mass is 9.74. The SMILES string of the molecule is C[C@H]1CC2C[C@@H](S(=O)(=O)c3cc(C(=O)Nc4ccc(F)c(F)c4)ccc3Cl)C[C@H]1[C@]2(C)O. The van der Waals surface area contributed by atoms with Crippen molar-refractivity contribution in [2.75, 3.05) is 5.32 Å². The van der Waals surface area contributed by atoms with Crippen molar-refractivity contribution in [2.24, 2.45) is 17.8 Å². The molecule has 2 aromatic rings. The summed E-state index contributed by atoms with van der Waals surface area (Å²) in [7, 11) is -3.87. The zero-order valence-corrected chi connectivity index (χ0v) is 19.2. The Bertz CT molecular complexity index is 1180. The molecule has 0 aromatic heterocycles. The van der Waals surface area contributed by atoms with Crippen LogP contribution in [0.1, 0.15) is 43.5 Å². The second kappa shape index (κ2) is 8.08. The van der Waals surface area contributed by atoms with Crippen molar-refractivity contribution in [1.82, 2.24) is 0 Å². The van der Waals surface area contributed by atoms with Gasteiger partial charge in [0.15, 0.2) is 21.5 Å². The largest absolute Gasteiger partial charge is 0.390 e. The molecule has 0 aliphatic heterocycles. The van der Waals surface area contributed by atoms with E-state index in [2.05, 4.69) is 5.32 Å². The number of hydrogen-bond acceptors (Lipinski definition) is 4. The Morgan fingerprint density at radius 3 is 2.50 bits per heavy atom. The molecule has 0 saturated heterocycles. The second-order valence-electron chi connectivity index (χ2n) is 9.11. The van der Waals surface area contributed by atoms with Crippen LogP contribution in [0.2, 0.25) is 5.02 Å². The summed E-state index contributed by atoms with van der Waals surface area (Å²) in [5.74, 6) is -2.85. The number of rotatable bonds is 4. The number of carbonyl (C=O) groups is 1. The highest BCUT2D eigenvalue weighted by Gasteiger charge is 2.56. The maximum absolute atomic E-state index is 13.5. The van der Waals surface area contributed by atoms with Gasteiger partial charge in [-0.1, -0.05) is 18.5 Å². The van der Waals surface area contributed by atoms with E-state index >= 15 is 0 Å². The fraction of sp³-hybridized carbons (Fsp3) is 0.435. The maximum atomic E-state index is 13.5. The first-order chi connectivity index (χ1) is 14.9. The number of fused-ring (bicyclic) bond motifs is 2. The van der Waals surface area contributed by atoms with Crippen molar-refractivity contribution < 1.29 is 27.1 Å². The van der Waals surface area contributed by atoms with Crippen molar-refractivity contribution in [3.05, 3.63) is 58.6 Å². The van der Waals surface area contributed by atoms with Crippen molar-refractivity contribution in [3.63, 3.8) is 0 Å². The van der Waals surface area contributed by atoms with Crippen LogP contribution in [0, 0.1) is 29.4 Å². The zero-order valence-electron chi connectivity index (χ0n) is 17.6. The predicted octanol–water partition coefficient (Wildman–Crippen LogP) is 4.83. The number of halogens is 3. The van der Waals surface area contributed by atoms with Gasteiger partial charge in [0.05, 0.1) is 20.8 Å². The first-order valence-corrected chi connectivity index (χ1v) is 12.4. The van der Waals surface area contributed by atoms with E-state index in [1.807, 2.05) is 6.92 Å². The van der Waals surface area contributed by atoms with Crippen LogP contribution >= 0.6 is 11.6 Å². The number of carbonyl (C=O) groups excluding carboxylic acids is 1. The summed E-state index contributed by atoms with van der Waals surface area (Å²) in [5, 5.41) is 12.6. The molecule has 0 spiro atoms. The lowest BCUT2D eigenvalue weighted by molar-refractivity contribution is -0.0466. The smallest absolute Gasteiger partial charge is 0.255 e. The van der Waals surface area contributed by atoms with Gasteiger partial charge < -0.3 is 10.4 Å². The number of nitrogens with one attached hydrogen (secondary N) is 1. The summed E-state index contributed by atoms with van der Waals surface area (Å²) >= 11 is 6.22. The van der Waals surface area contributed by atoms with Crippen molar-refractivity contribution in [3.8, 4) is 0 Å². The molecule has 5 nitrogen and oxygen atoms in total. The molecule has 9 heteroatoms. The minimum Gasteiger partial charge on any atom is -0.390 e. The molecule has 172 valence electrons. The first kappa shape index (κ1) is 23.1. The summed E-state index contributed by atoms with van der Waals surface area (Å²) in [5.41, 5.74) is -0.827. The van der Waals surface area contributed by atoms with E-state index in [0.717, 1.165) is 18.6 Å². The third-order valence-electron chi connectivity index (χ3n) is 7.10. The molecule has 0 heterocycles. The van der Waals surface area contributed by atoms with E-state index in [1.54, 1.807) is 6.92 Å². The van der Waals surface area contributed by atoms with Crippen molar-refractivity contribution in [2.45, 2.75) is 48.9 Å². The van der Waals surface area contributed by atoms with Gasteiger partial charge in [0.25, 0.3) is 5.91 Å². The number of aliphatic hydroxyl groups is 1. The van der Waals surface area contributed by atoms with E-state index in [0.29, 0.717) is 12.8 Å². The molecule has 2 aromatic carbocycles. The maximum Gasteiger partial charge on any atom is 0.255 e. The van der Waals surface area contributed by atoms with E-state index in [-0.39, 0.29) is 38.9 Å². The number of sulfone groups is 1. The standard InChI is InChI=1S/C23H24ClF2NO4S/c1-12-7-14-9-16(11-17(12)23(14,2)29)32(30,31)21-8-13(3-5-18(21)24)22(28)27-15-4-6-19(25)20(26)10-15/h3-6,8,10,12,14,16-17,29H,7,9,11H2,1-2H3,(H,27,28)/t12-,14?,16+,17+,23+/m0/s1. The topological polar surface area (TPSA) is 83.5 Å². The number of hydrogen-bond donors (Lipinski definition) is 2. The van der Waals surface area contributed by atoms with Gasteiger partial charge in [-0.15, -0.1) is 0 Å². The van der Waals surface area contributed by atoms with Gasteiger partial charge in [0.2, 0.25) is 0 Å². The number of amides is 1. The average molecular weight is 484 g/mol. The van der Waals surface area contributed by atoms with Gasteiger partial charge >= 0.3 is 0 Å². The van der Waals surface area contributed by atoms with Crippen LogP contribution in [0.5, 0.6) is 0 Å². The lowest BCUT2D eigenvalue weighted by Gasteiger charge is -2.40. The van der Waals surface area contributed by atoms with Crippen LogP contribution in [-0.2, 0) is 9.84 Å². The van der Waals surface area contributed by atoms with E-state index < -0.39 is 38.2 Å². The summed E-state index contributed by atoms with van der Waals surface area (Å²) < 4.78 is 53.5. The monoisotopic (exact) mass is 483 g/mol. The highest BCUT2D eigenvalue weighted by atomic mass is 35.5. The summed E-state index contributed by atoms with van der Waals surface area (Å²) in [6.45, 7) is 3.81. The van der Waals surface area contributed by atoms with Crippen LogP contribution in [0.4, 0.5) is 14.5 Å². The molecule has 2 N–H and O–H groups in total. The summed E-state index contributed by atoms with van der Waals surface area (Å²) in [4.78, 5) is 12.5. The van der Waals surface area contributed by atoms with Gasteiger partial charge in [0.1, 0.15) is 0 Å². The van der Waals surface area contributed by atoms with Crippen molar-refractivity contribution >= 4 is 33.0 Å². The minimum atomic E-state index is -3.87. The molecule has 2 saturated carbocycles. The minimum absolute atomic E-state index is 0.00658. The van der Waals surface area contributed by atoms with Crippen LogP contribution in [0.25, 0.3) is 0 Å². The molecular weight excluding hydrogens is 460 g/mol. The Hall–Kier alpha value is -2.03. The molecule has 5 atom stereocenters. The lowest BCUT2D eigenvalue weighted by Crippen LogP contribution is -2.46. The van der Waals surface area contributed by atoms with Crippen molar-refractivity contribution in [1.29, 1.82) is 0 Å². The molecule has 2 aliphatic rings. The van der Waals surface area contributed by atoms with Gasteiger partial charge in [-0.3, -0.25) is 4.79 Å². The van der Waals surface area contributed by atoms with Crippen LogP contribution in [-0.4, -0.2) is 30.3 Å². The highest BCUT2D eigenvalue weighted by Crippen LogP contribution is 2.54. The molecule has 0 radical (unpaired) electrons. The van der Waals surface area contributed by atoms with E-state index in [1.165, 1.54) is 24.3 Å². The van der Waals surface area contributed by atoms with E-state index in [4.69, 9.17) is 11.6 Å². The average Bonchev–Trinajstić information content (AvgIpc) is 2.84. The van der Waals surface area contributed by atoms with Gasteiger partial charge in [-0.05, 0) is 74.3 Å². The third kappa shape index (κ3) is 3.93. The summed E-state index contributed by atoms with van der Waals surface area (Å²) in [6, 6.07) is 6.85.